The zero-order valence-corrected chi connectivity index (χ0v) is 55.0. The SMILES string of the molecule is CC1(C)CC(O)CC(C)(C)N1[O-].CC1(C)CC(OC(=O)CCl)CC(C)(C)N1[O-].CC1(C)CC(OC(=O)Cn2ccnc2)CC(C)(C)N1[O-].CCCc1ccc(C[n+]2ccn(CC(=O)OC3CC(C)(C)[NH+]([O-])C(C)(C)C3)c2)cc1.[B]P.[Br-]. The second-order valence-corrected chi connectivity index (χ2v) is 27.4. The van der Waals surface area contributed by atoms with Crippen LogP contribution in [0.25, 0.3) is 0 Å². The van der Waals surface area contributed by atoms with E-state index >= 15 is 0 Å². The van der Waals surface area contributed by atoms with Crippen molar-refractivity contribution in [2.24, 2.45) is 0 Å². The molecular weight excluding hydrogens is 1140 g/mol. The number of carbonyl (C=O) groups is 3. The summed E-state index contributed by atoms with van der Waals surface area (Å²) in [6, 6.07) is 8.70. The van der Waals surface area contributed by atoms with E-state index in [1.165, 1.54) is 11.1 Å². The van der Waals surface area contributed by atoms with E-state index in [0.717, 1.165) is 34.6 Å². The zero-order valence-electron chi connectivity index (χ0n) is 51.6. The summed E-state index contributed by atoms with van der Waals surface area (Å²) >= 11 is 5.40. The van der Waals surface area contributed by atoms with Crippen LogP contribution in [-0.4, -0.2) is 134 Å². The van der Waals surface area contributed by atoms with Crippen LogP contribution >= 0.6 is 20.7 Å². The third-order valence-corrected chi connectivity index (χ3v) is 15.5. The van der Waals surface area contributed by atoms with E-state index in [2.05, 4.69) is 48.3 Å². The Labute approximate surface area is 503 Å². The van der Waals surface area contributed by atoms with E-state index in [1.807, 2.05) is 143 Å². The molecular formula is C58H97BBrClN8O11P-3. The zero-order chi connectivity index (χ0) is 61.0. The van der Waals surface area contributed by atoms with E-state index in [-0.39, 0.29) is 77.4 Å². The van der Waals surface area contributed by atoms with Gasteiger partial charge in [0.2, 0.25) is 6.33 Å². The molecule has 0 aliphatic carbocycles. The first kappa shape index (κ1) is 74.1. The number of halogens is 2. The van der Waals surface area contributed by atoms with Crippen molar-refractivity contribution in [1.29, 1.82) is 0 Å². The largest absolute Gasteiger partial charge is 1.00 e. The second kappa shape index (κ2) is 30.3. The molecule has 2 N–H and O–H groups in total. The molecule has 1 aromatic carbocycles. The number of aromatic nitrogens is 4. The maximum atomic E-state index is 12.5. The molecule has 3 aromatic rings. The fourth-order valence-electron chi connectivity index (χ4n) is 12.4. The lowest BCUT2D eigenvalue weighted by molar-refractivity contribution is -0.956. The number of imidazole rings is 2. The second-order valence-electron chi connectivity index (χ2n) is 27.2. The van der Waals surface area contributed by atoms with Gasteiger partial charge in [-0.3, -0.25) is 9.59 Å². The Balaban J connectivity index is 0.000000384. The molecule has 7 rings (SSSR count). The Morgan fingerprint density at radius 1 is 0.642 bits per heavy atom. The van der Waals surface area contributed by atoms with Gasteiger partial charge < -0.3 is 81.9 Å². The first-order chi connectivity index (χ1) is 36.7. The predicted molar refractivity (Wildman–Crippen MR) is 318 cm³/mol. The third-order valence-electron chi connectivity index (χ3n) is 15.2. The number of esters is 3. The Morgan fingerprint density at radius 2 is 1.01 bits per heavy atom. The number of aliphatic hydroxyl groups is 1. The summed E-state index contributed by atoms with van der Waals surface area (Å²) in [6.07, 6.45) is 16.5. The van der Waals surface area contributed by atoms with Gasteiger partial charge in [-0.15, -0.1) is 11.6 Å². The quantitative estimate of drug-likeness (QED) is 0.0457. The minimum atomic E-state index is -0.526. The van der Waals surface area contributed by atoms with Crippen LogP contribution < -0.4 is 26.6 Å². The predicted octanol–water partition coefficient (Wildman–Crippen LogP) is 5.10. The minimum Gasteiger partial charge on any atom is -1.00 e. The molecule has 0 spiro atoms. The van der Waals surface area contributed by atoms with Crippen molar-refractivity contribution in [3.05, 3.63) is 93.7 Å². The molecule has 2 aromatic heterocycles. The molecule has 0 amide bonds. The van der Waals surface area contributed by atoms with Crippen molar-refractivity contribution in [3.63, 3.8) is 0 Å². The number of rotatable bonds is 12. The van der Waals surface area contributed by atoms with Crippen LogP contribution in [0, 0.1) is 20.8 Å². The number of hydrogen-bond acceptors (Lipinski definition) is 15. The Bertz CT molecular complexity index is 2340. The molecule has 4 fully saturated rings. The Kier molecular flexibility index (Phi) is 27.7. The van der Waals surface area contributed by atoms with Crippen molar-refractivity contribution < 1.29 is 60.3 Å². The van der Waals surface area contributed by atoms with Crippen LogP contribution in [0.3, 0.4) is 0 Å². The summed E-state index contributed by atoms with van der Waals surface area (Å²) in [5.74, 6) is -1.11. The number of hydroxylamine groups is 8. The average Bonchev–Trinajstić information content (AvgIpc) is 4.01. The number of nitrogens with zero attached hydrogens (tertiary/aromatic N) is 7. The van der Waals surface area contributed by atoms with Crippen LogP contribution in [0.4, 0.5) is 0 Å². The molecule has 1 unspecified atom stereocenters. The van der Waals surface area contributed by atoms with Gasteiger partial charge in [-0.05, 0) is 141 Å². The van der Waals surface area contributed by atoms with E-state index in [9.17, 15) is 40.3 Å². The van der Waals surface area contributed by atoms with Crippen LogP contribution in [0.15, 0.2) is 61.7 Å². The van der Waals surface area contributed by atoms with Gasteiger partial charge in [0.15, 0.2) is 6.54 Å². The summed E-state index contributed by atoms with van der Waals surface area (Å²) in [5.41, 5.74) is -1.27. The fourth-order valence-corrected chi connectivity index (χ4v) is 12.5. The first-order valence-electron chi connectivity index (χ1n) is 28.0. The number of nitrogens with one attached hydrogen (secondary N) is 1. The highest BCUT2D eigenvalue weighted by atomic mass is 79.9. The molecule has 23 heteroatoms. The number of benzene rings is 1. The topological polar surface area (TPSA) is 232 Å². The van der Waals surface area contributed by atoms with Gasteiger partial charge in [0.05, 0.1) is 31.1 Å². The summed E-state index contributed by atoms with van der Waals surface area (Å²) in [5, 5.41) is 61.6. The standard InChI is InChI=1S/C24H36N3O3.C14H22N3O3.C11H19ClNO3.C9H18NO2.BH2P.BrH/c1-6-7-19-8-10-20(11-9-19)16-25-12-13-26(18-25)17-22(28)30-21-14-23(2,3)27(29)24(4,5)15-21;1-13(2)7-11(8-14(3,4)17(13)19)20-12(18)9-16-6-5-15-10-16;1-10(2)5-8(16-9(14)7-12)6-11(3,4)13(10)15;1-8(2)5-7(11)6-9(3,4)10(8)12;1-2;/h8-13,18,21,27H,6-7,14-17H2,1-5H3;5-6,10-11H,7-9H2,1-4H3;8H,5-7H2,1-4H3;7,11H,5-6H2,1-4H3;2H2;1H/q+1;3*-1;;/p-1. The van der Waals surface area contributed by atoms with Gasteiger partial charge in [-0.1, -0.05) is 37.6 Å². The molecule has 81 heavy (non-hydrogen) atoms. The molecule has 0 bridgehead atoms. The number of ether oxygens (including phenoxy) is 3. The Hall–Kier alpha value is -3.05. The number of carbonyl (C=O) groups excluding carboxylic acids is 3. The maximum Gasteiger partial charge on any atom is 0.348 e. The molecule has 0 saturated carbocycles. The maximum absolute atomic E-state index is 12.5. The molecule has 4 saturated heterocycles. The number of hydrogen-bond donors (Lipinski definition) is 2. The van der Waals surface area contributed by atoms with Crippen LogP contribution in [0.2, 0.25) is 0 Å². The number of piperidine rings is 4. The number of quaternary nitrogens is 1. The minimum absolute atomic E-state index is 0. The van der Waals surface area contributed by atoms with Gasteiger partial charge >= 0.3 is 17.9 Å². The highest BCUT2D eigenvalue weighted by molar-refractivity contribution is 7.49. The summed E-state index contributed by atoms with van der Waals surface area (Å²) in [4.78, 5) is 39.5. The van der Waals surface area contributed by atoms with Crippen LogP contribution in [0.1, 0.15) is 187 Å². The van der Waals surface area contributed by atoms with E-state index < -0.39 is 50.3 Å². The average molecular weight is 1240 g/mol. The summed E-state index contributed by atoms with van der Waals surface area (Å²) in [7, 11) is 6.33. The highest BCUT2D eigenvalue weighted by Crippen LogP contribution is 2.40. The van der Waals surface area contributed by atoms with Gasteiger partial charge in [0.25, 0.3) is 0 Å². The van der Waals surface area contributed by atoms with Crippen molar-refractivity contribution in [1.82, 2.24) is 29.3 Å². The lowest BCUT2D eigenvalue weighted by Gasteiger charge is -2.59. The van der Waals surface area contributed by atoms with E-state index in [4.69, 9.17) is 25.8 Å². The first-order valence-corrected chi connectivity index (χ1v) is 29.2. The van der Waals surface area contributed by atoms with Crippen molar-refractivity contribution in [3.8, 4) is 0 Å². The Morgan fingerprint density at radius 3 is 1.40 bits per heavy atom. The normalized spacial score (nSPS) is 23.6. The van der Waals surface area contributed by atoms with Gasteiger partial charge in [-0.25, -0.2) is 18.9 Å². The molecule has 19 nitrogen and oxygen atoms in total. The number of alkyl halides is 1. The van der Waals surface area contributed by atoms with Gasteiger partial charge in [-0.2, -0.15) is 9.12 Å². The molecule has 1 atom stereocenters. The molecule has 2 radical (unpaired) electrons. The molecule has 4 aliphatic rings. The summed E-state index contributed by atoms with van der Waals surface area (Å²) < 4.78 is 22.1. The highest BCUT2D eigenvalue weighted by Gasteiger charge is 2.47. The number of aliphatic hydroxyl groups excluding tert-OH is 1. The fraction of sp³-hybridized carbons (Fsp3) is 0.741. The van der Waals surface area contributed by atoms with E-state index in [0.29, 0.717) is 51.4 Å². The summed E-state index contributed by atoms with van der Waals surface area (Å²) in [6.45, 7) is 33.6. The van der Waals surface area contributed by atoms with Crippen LogP contribution in [-0.2, 0) is 54.6 Å². The lowest BCUT2D eigenvalue weighted by atomic mass is 9.80. The van der Waals surface area contributed by atoms with E-state index in [1.54, 1.807) is 23.3 Å². The molecule has 4 aliphatic heterocycles. The van der Waals surface area contributed by atoms with Crippen molar-refractivity contribution in [2.75, 3.05) is 5.88 Å². The van der Waals surface area contributed by atoms with Crippen molar-refractivity contribution >= 4 is 46.2 Å². The molecule has 6 heterocycles. The van der Waals surface area contributed by atoms with Gasteiger partial charge in [0, 0.05) is 84.2 Å². The smallest absolute Gasteiger partial charge is 0.348 e. The third kappa shape index (κ3) is 22.1. The lowest BCUT2D eigenvalue weighted by Crippen LogP contribution is -3.23. The van der Waals surface area contributed by atoms with Crippen LogP contribution in [0.5, 0.6) is 0 Å². The number of aryl methyl sites for hydroxylation is 1. The monoisotopic (exact) mass is 1240 g/mol. The van der Waals surface area contributed by atoms with Gasteiger partial charge in [0.1, 0.15) is 49.7 Å². The van der Waals surface area contributed by atoms with Crippen molar-refractivity contribution in [2.45, 2.75) is 270 Å². The molecule has 460 valence electrons.